The zero-order valence-electron chi connectivity index (χ0n) is 19.2. The maximum Gasteiger partial charge on any atom is 0.307 e. The summed E-state index contributed by atoms with van der Waals surface area (Å²) in [4.78, 5) is 32.7. The van der Waals surface area contributed by atoms with Crippen molar-refractivity contribution < 1.29 is 22.7 Å². The number of ether oxygens (including phenoxy) is 1. The molecule has 33 heavy (non-hydrogen) atoms. The molecular formula is C22H31N5O5S. The van der Waals surface area contributed by atoms with Crippen LogP contribution in [0.2, 0.25) is 0 Å². The maximum atomic E-state index is 12.7. The smallest absolute Gasteiger partial charge is 0.307 e. The van der Waals surface area contributed by atoms with Gasteiger partial charge in [0.1, 0.15) is 5.82 Å². The predicted octanol–water partition coefficient (Wildman–Crippen LogP) is 0.673. The lowest BCUT2D eigenvalue weighted by atomic mass is 10.2. The standard InChI is InChI=1S/C22H31N5O5S/c1-17(22(29)27-13-11-26(12-14-27)15-19-7-5-4-6-8-19)32-21(28)9-10-23-33(30,31)20-16-25(3)18(2)24-20/h4-8,16-17,23H,9-15H2,1-3H3. The molecule has 1 atom stereocenters. The minimum absolute atomic E-state index is 0.106. The summed E-state index contributed by atoms with van der Waals surface area (Å²) in [6.45, 7) is 6.55. The van der Waals surface area contributed by atoms with Crippen molar-refractivity contribution in [1.82, 2.24) is 24.1 Å². The van der Waals surface area contributed by atoms with E-state index in [-0.39, 0.29) is 23.9 Å². The molecule has 11 heteroatoms. The largest absolute Gasteiger partial charge is 0.452 e. The zero-order valence-corrected chi connectivity index (χ0v) is 20.0. The van der Waals surface area contributed by atoms with Crippen molar-refractivity contribution in [3.8, 4) is 0 Å². The topological polar surface area (TPSA) is 114 Å². The van der Waals surface area contributed by atoms with E-state index < -0.39 is 22.1 Å². The Balaban J connectivity index is 1.39. The third-order valence-electron chi connectivity index (χ3n) is 5.57. The number of imidazole rings is 1. The van der Waals surface area contributed by atoms with Crippen LogP contribution in [-0.2, 0) is 37.9 Å². The van der Waals surface area contributed by atoms with Crippen molar-refractivity contribution in [1.29, 1.82) is 0 Å². The number of carbonyl (C=O) groups is 2. The van der Waals surface area contributed by atoms with Crippen LogP contribution in [0.4, 0.5) is 0 Å². The molecule has 180 valence electrons. The minimum atomic E-state index is -3.82. The van der Waals surface area contributed by atoms with Gasteiger partial charge in [-0.25, -0.2) is 18.1 Å². The Morgan fingerprint density at radius 1 is 1.15 bits per heavy atom. The van der Waals surface area contributed by atoms with Crippen molar-refractivity contribution >= 4 is 21.9 Å². The fourth-order valence-electron chi connectivity index (χ4n) is 3.55. The number of nitrogens with zero attached hydrogens (tertiary/aromatic N) is 4. The van der Waals surface area contributed by atoms with E-state index in [9.17, 15) is 18.0 Å². The second-order valence-electron chi connectivity index (χ2n) is 8.10. The molecule has 0 radical (unpaired) electrons. The molecule has 1 unspecified atom stereocenters. The molecule has 2 aromatic rings. The molecule has 1 amide bonds. The van der Waals surface area contributed by atoms with Crippen LogP contribution < -0.4 is 4.72 Å². The monoisotopic (exact) mass is 477 g/mol. The highest BCUT2D eigenvalue weighted by atomic mass is 32.2. The molecular weight excluding hydrogens is 446 g/mol. The Morgan fingerprint density at radius 2 is 1.82 bits per heavy atom. The van der Waals surface area contributed by atoms with E-state index in [1.165, 1.54) is 18.7 Å². The third kappa shape index (κ3) is 6.86. The number of hydrogen-bond acceptors (Lipinski definition) is 7. The molecule has 1 aliphatic rings. The van der Waals surface area contributed by atoms with Crippen LogP contribution in [-0.4, -0.2) is 78.5 Å². The molecule has 1 aromatic heterocycles. The number of hydrogen-bond donors (Lipinski definition) is 1. The first-order valence-corrected chi connectivity index (χ1v) is 12.4. The number of aryl methyl sites for hydroxylation is 2. The van der Waals surface area contributed by atoms with Gasteiger partial charge < -0.3 is 14.2 Å². The highest BCUT2D eigenvalue weighted by molar-refractivity contribution is 7.89. The third-order valence-corrected chi connectivity index (χ3v) is 6.90. The van der Waals surface area contributed by atoms with Crippen LogP contribution in [0, 0.1) is 6.92 Å². The van der Waals surface area contributed by atoms with E-state index in [2.05, 4.69) is 26.7 Å². The predicted molar refractivity (Wildman–Crippen MR) is 122 cm³/mol. The van der Waals surface area contributed by atoms with Gasteiger partial charge in [0.25, 0.3) is 15.9 Å². The minimum Gasteiger partial charge on any atom is -0.452 e. The van der Waals surface area contributed by atoms with Crippen LogP contribution in [0.5, 0.6) is 0 Å². The Hall–Kier alpha value is -2.76. The van der Waals surface area contributed by atoms with Gasteiger partial charge in [-0.05, 0) is 19.4 Å². The van der Waals surface area contributed by atoms with Gasteiger partial charge in [0.2, 0.25) is 0 Å². The molecule has 0 saturated carbocycles. The van der Waals surface area contributed by atoms with E-state index in [1.54, 1.807) is 23.4 Å². The summed E-state index contributed by atoms with van der Waals surface area (Å²) in [6, 6.07) is 10.2. The highest BCUT2D eigenvalue weighted by Crippen LogP contribution is 2.11. The van der Waals surface area contributed by atoms with Crippen molar-refractivity contribution in [2.24, 2.45) is 7.05 Å². The van der Waals surface area contributed by atoms with Gasteiger partial charge in [-0.3, -0.25) is 14.5 Å². The quantitative estimate of drug-likeness (QED) is 0.528. The molecule has 1 aromatic carbocycles. The summed E-state index contributed by atoms with van der Waals surface area (Å²) >= 11 is 0. The van der Waals surface area contributed by atoms with Gasteiger partial charge in [0.15, 0.2) is 11.1 Å². The Bertz CT molecular complexity index is 1040. The van der Waals surface area contributed by atoms with Crippen LogP contribution in [0.1, 0.15) is 24.7 Å². The van der Waals surface area contributed by atoms with E-state index >= 15 is 0 Å². The van der Waals surface area contributed by atoms with Gasteiger partial charge in [-0.1, -0.05) is 30.3 Å². The zero-order chi connectivity index (χ0) is 24.0. The number of nitrogens with one attached hydrogen (secondary N) is 1. The summed E-state index contributed by atoms with van der Waals surface area (Å²) in [7, 11) is -2.12. The summed E-state index contributed by atoms with van der Waals surface area (Å²) in [5, 5.41) is -0.106. The normalized spacial score (nSPS) is 15.9. The van der Waals surface area contributed by atoms with E-state index in [4.69, 9.17) is 4.74 Å². The molecule has 0 bridgehead atoms. The molecule has 1 aliphatic heterocycles. The van der Waals surface area contributed by atoms with E-state index in [0.29, 0.717) is 18.9 Å². The maximum absolute atomic E-state index is 12.7. The number of carbonyl (C=O) groups excluding carboxylic acids is 2. The first-order chi connectivity index (χ1) is 15.7. The number of aromatic nitrogens is 2. The second kappa shape index (κ2) is 10.9. The number of rotatable bonds is 9. The molecule has 0 spiro atoms. The molecule has 0 aliphatic carbocycles. The van der Waals surface area contributed by atoms with Gasteiger partial charge in [-0.15, -0.1) is 0 Å². The van der Waals surface area contributed by atoms with Crippen molar-refractivity contribution in [2.45, 2.75) is 37.9 Å². The van der Waals surface area contributed by atoms with Crippen LogP contribution in [0.3, 0.4) is 0 Å². The van der Waals surface area contributed by atoms with Gasteiger partial charge >= 0.3 is 5.97 Å². The lowest BCUT2D eigenvalue weighted by Crippen LogP contribution is -2.51. The average molecular weight is 478 g/mol. The Morgan fingerprint density at radius 3 is 2.42 bits per heavy atom. The Labute approximate surface area is 194 Å². The van der Waals surface area contributed by atoms with Crippen LogP contribution in [0.25, 0.3) is 0 Å². The van der Waals surface area contributed by atoms with E-state index in [1.807, 2.05) is 18.2 Å². The number of piperazine rings is 1. The van der Waals surface area contributed by atoms with Crippen LogP contribution in [0.15, 0.2) is 41.6 Å². The number of benzene rings is 1. The first kappa shape index (κ1) is 24.9. The number of esters is 1. The highest BCUT2D eigenvalue weighted by Gasteiger charge is 2.27. The van der Waals surface area contributed by atoms with Crippen molar-refractivity contribution in [3.05, 3.63) is 47.9 Å². The Kier molecular flexibility index (Phi) is 8.22. The molecule has 1 fully saturated rings. The summed E-state index contributed by atoms with van der Waals surface area (Å²) < 4.78 is 33.7. The fourth-order valence-corrected chi connectivity index (χ4v) is 4.62. The SMILES string of the molecule is Cc1nc(S(=O)(=O)NCCC(=O)OC(C)C(=O)N2CCN(Cc3ccccc3)CC2)cn1C. The number of amides is 1. The van der Waals surface area contributed by atoms with Crippen molar-refractivity contribution in [3.63, 3.8) is 0 Å². The fraction of sp³-hybridized carbons (Fsp3) is 0.500. The van der Waals surface area contributed by atoms with E-state index in [0.717, 1.165) is 19.6 Å². The average Bonchev–Trinajstić information content (AvgIpc) is 3.13. The van der Waals surface area contributed by atoms with Gasteiger partial charge in [-0.2, -0.15) is 0 Å². The summed E-state index contributed by atoms with van der Waals surface area (Å²) in [6.07, 6.45) is 0.289. The van der Waals surface area contributed by atoms with Gasteiger partial charge in [0.05, 0.1) is 6.42 Å². The lowest BCUT2D eigenvalue weighted by molar-refractivity contribution is -0.159. The van der Waals surface area contributed by atoms with Crippen molar-refractivity contribution in [2.75, 3.05) is 32.7 Å². The number of sulfonamides is 1. The first-order valence-electron chi connectivity index (χ1n) is 10.9. The lowest BCUT2D eigenvalue weighted by Gasteiger charge is -2.35. The molecule has 2 heterocycles. The summed E-state index contributed by atoms with van der Waals surface area (Å²) in [5.41, 5.74) is 1.23. The van der Waals surface area contributed by atoms with Gasteiger partial charge in [0, 0.05) is 52.5 Å². The molecule has 1 saturated heterocycles. The molecule has 3 rings (SSSR count). The second-order valence-corrected chi connectivity index (χ2v) is 9.82. The van der Waals surface area contributed by atoms with Crippen LogP contribution >= 0.6 is 0 Å². The molecule has 10 nitrogen and oxygen atoms in total. The molecule has 1 N–H and O–H groups in total. The summed E-state index contributed by atoms with van der Waals surface area (Å²) in [5.74, 6) is -0.325.